The predicted octanol–water partition coefficient (Wildman–Crippen LogP) is 1.24. The lowest BCUT2D eigenvalue weighted by molar-refractivity contribution is -0.126. The van der Waals surface area contributed by atoms with Gasteiger partial charge in [-0.05, 0) is 32.3 Å². The Morgan fingerprint density at radius 1 is 1.33 bits per heavy atom. The first kappa shape index (κ1) is 18.0. The van der Waals surface area contributed by atoms with Crippen LogP contribution < -0.4 is 10.9 Å². The number of hydrogen-bond donors (Lipinski definition) is 2. The van der Waals surface area contributed by atoms with Crippen molar-refractivity contribution in [2.45, 2.75) is 45.6 Å². The van der Waals surface area contributed by atoms with Crippen molar-refractivity contribution in [3.8, 4) is 0 Å². The molecule has 1 aliphatic heterocycles. The van der Waals surface area contributed by atoms with Crippen molar-refractivity contribution in [3.05, 3.63) is 34.2 Å². The number of pyridine rings is 1. The summed E-state index contributed by atoms with van der Waals surface area (Å²) < 4.78 is 0.361. The second-order valence-electron chi connectivity index (χ2n) is 6.29. The SMILES string of the molecule is CCCCNC(=O)[C@H]1CC[C@H](C)N(C(=O)c2cccc(=O)n2O)C1. The summed E-state index contributed by atoms with van der Waals surface area (Å²) >= 11 is 0. The Kier molecular flexibility index (Phi) is 6.00. The van der Waals surface area contributed by atoms with Crippen molar-refractivity contribution >= 4 is 11.8 Å². The first-order chi connectivity index (χ1) is 11.5. The number of amides is 2. The molecule has 2 heterocycles. The van der Waals surface area contributed by atoms with Gasteiger partial charge in [0.05, 0.1) is 5.92 Å². The van der Waals surface area contributed by atoms with Crippen molar-refractivity contribution in [3.63, 3.8) is 0 Å². The van der Waals surface area contributed by atoms with Crippen LogP contribution in [0.15, 0.2) is 23.0 Å². The fourth-order valence-electron chi connectivity index (χ4n) is 2.93. The molecule has 7 heteroatoms. The van der Waals surface area contributed by atoms with Crippen LogP contribution in [-0.4, -0.2) is 45.8 Å². The summed E-state index contributed by atoms with van der Waals surface area (Å²) in [5.41, 5.74) is -0.735. The molecule has 0 aromatic carbocycles. The quantitative estimate of drug-likeness (QED) is 0.626. The maximum absolute atomic E-state index is 12.7. The van der Waals surface area contributed by atoms with Crippen LogP contribution >= 0.6 is 0 Å². The topological polar surface area (TPSA) is 91.6 Å². The van der Waals surface area contributed by atoms with E-state index in [1.807, 2.05) is 6.92 Å². The van der Waals surface area contributed by atoms with Gasteiger partial charge in [0, 0.05) is 25.2 Å². The summed E-state index contributed by atoms with van der Waals surface area (Å²) in [6.07, 6.45) is 3.37. The molecule has 0 aliphatic carbocycles. The molecule has 132 valence electrons. The molecule has 0 bridgehead atoms. The highest BCUT2D eigenvalue weighted by atomic mass is 16.5. The third-order valence-electron chi connectivity index (χ3n) is 4.49. The Bertz CT molecular complexity index is 655. The summed E-state index contributed by atoms with van der Waals surface area (Å²) in [7, 11) is 0. The van der Waals surface area contributed by atoms with Crippen LogP contribution in [0.4, 0.5) is 0 Å². The molecule has 7 nitrogen and oxygen atoms in total. The monoisotopic (exact) mass is 335 g/mol. The van der Waals surface area contributed by atoms with E-state index in [0.29, 0.717) is 24.2 Å². The molecule has 1 aromatic heterocycles. The fraction of sp³-hybridized carbons (Fsp3) is 0.588. The van der Waals surface area contributed by atoms with E-state index in [2.05, 4.69) is 12.2 Å². The van der Waals surface area contributed by atoms with Crippen LogP contribution in [0, 0.1) is 5.92 Å². The number of carbonyl (C=O) groups excluding carboxylic acids is 2. The Morgan fingerprint density at radius 2 is 2.08 bits per heavy atom. The third kappa shape index (κ3) is 3.96. The molecule has 0 saturated carbocycles. The van der Waals surface area contributed by atoms with Crippen molar-refractivity contribution < 1.29 is 14.8 Å². The Balaban J connectivity index is 2.10. The Labute approximate surface area is 141 Å². The van der Waals surface area contributed by atoms with Gasteiger partial charge in [0.1, 0.15) is 5.69 Å². The van der Waals surface area contributed by atoms with Crippen LogP contribution in [0.3, 0.4) is 0 Å². The van der Waals surface area contributed by atoms with Crippen LogP contribution in [0.5, 0.6) is 0 Å². The van der Waals surface area contributed by atoms with Crippen molar-refractivity contribution in [2.24, 2.45) is 5.92 Å². The zero-order valence-electron chi connectivity index (χ0n) is 14.2. The zero-order valence-corrected chi connectivity index (χ0v) is 14.2. The first-order valence-electron chi connectivity index (χ1n) is 8.45. The summed E-state index contributed by atoms with van der Waals surface area (Å²) in [6.45, 7) is 4.90. The molecule has 1 fully saturated rings. The molecule has 0 unspecified atom stereocenters. The molecule has 2 rings (SSSR count). The summed E-state index contributed by atoms with van der Waals surface area (Å²) in [5.74, 6) is -0.735. The predicted molar refractivity (Wildman–Crippen MR) is 89.0 cm³/mol. The fourth-order valence-corrected chi connectivity index (χ4v) is 2.93. The maximum atomic E-state index is 12.7. The van der Waals surface area contributed by atoms with Gasteiger partial charge < -0.3 is 15.4 Å². The minimum Gasteiger partial charge on any atom is -0.425 e. The van der Waals surface area contributed by atoms with Gasteiger partial charge in [-0.15, -0.1) is 4.73 Å². The number of likely N-dealkylation sites (tertiary alicyclic amines) is 1. The molecule has 1 aliphatic rings. The summed E-state index contributed by atoms with van der Waals surface area (Å²) in [5, 5.41) is 12.7. The highest BCUT2D eigenvalue weighted by Crippen LogP contribution is 2.23. The molecule has 2 atom stereocenters. The number of rotatable bonds is 5. The Hall–Kier alpha value is -2.31. The Morgan fingerprint density at radius 3 is 2.79 bits per heavy atom. The standard InChI is InChI=1S/C17H25N3O4/c1-3-4-10-18-16(22)13-9-8-12(2)19(11-13)17(23)14-6-5-7-15(21)20(14)24/h5-7,12-13,24H,3-4,8-11H2,1-2H3,(H,18,22)/t12-,13-/m0/s1. The van der Waals surface area contributed by atoms with Gasteiger partial charge in [-0.2, -0.15) is 0 Å². The van der Waals surface area contributed by atoms with Gasteiger partial charge in [0.25, 0.3) is 11.5 Å². The number of nitrogens with one attached hydrogen (secondary N) is 1. The highest BCUT2D eigenvalue weighted by Gasteiger charge is 2.34. The number of carbonyl (C=O) groups is 2. The van der Waals surface area contributed by atoms with E-state index in [0.717, 1.165) is 19.3 Å². The number of aromatic nitrogens is 1. The second kappa shape index (κ2) is 7.99. The van der Waals surface area contributed by atoms with E-state index in [1.54, 1.807) is 4.90 Å². The zero-order chi connectivity index (χ0) is 17.7. The van der Waals surface area contributed by atoms with Crippen molar-refractivity contribution in [2.75, 3.05) is 13.1 Å². The van der Waals surface area contributed by atoms with Crippen molar-refractivity contribution in [1.29, 1.82) is 0 Å². The van der Waals surface area contributed by atoms with Gasteiger partial charge >= 0.3 is 0 Å². The second-order valence-corrected chi connectivity index (χ2v) is 6.29. The van der Waals surface area contributed by atoms with E-state index >= 15 is 0 Å². The van der Waals surface area contributed by atoms with Crippen LogP contribution in [0.1, 0.15) is 50.0 Å². The van der Waals surface area contributed by atoms with E-state index in [9.17, 15) is 19.6 Å². The highest BCUT2D eigenvalue weighted by molar-refractivity contribution is 5.93. The maximum Gasteiger partial charge on any atom is 0.283 e. The first-order valence-corrected chi connectivity index (χ1v) is 8.45. The number of piperidine rings is 1. The molecular weight excluding hydrogens is 310 g/mol. The largest absolute Gasteiger partial charge is 0.425 e. The van der Waals surface area contributed by atoms with E-state index in [-0.39, 0.29) is 23.6 Å². The molecule has 1 aromatic rings. The molecule has 1 saturated heterocycles. The number of nitrogens with zero attached hydrogens (tertiary/aromatic N) is 2. The van der Waals surface area contributed by atoms with Gasteiger partial charge in [0.2, 0.25) is 5.91 Å². The van der Waals surface area contributed by atoms with E-state index in [1.165, 1.54) is 18.2 Å². The van der Waals surface area contributed by atoms with Gasteiger partial charge in [0.15, 0.2) is 0 Å². The van der Waals surface area contributed by atoms with Gasteiger partial charge in [-0.1, -0.05) is 19.4 Å². The van der Waals surface area contributed by atoms with E-state index in [4.69, 9.17) is 0 Å². The van der Waals surface area contributed by atoms with E-state index < -0.39 is 11.5 Å². The lowest BCUT2D eigenvalue weighted by Gasteiger charge is -2.37. The minimum absolute atomic E-state index is 0.0393. The molecule has 2 N–H and O–H groups in total. The molecule has 0 radical (unpaired) electrons. The summed E-state index contributed by atoms with van der Waals surface area (Å²) in [6, 6.07) is 3.97. The molecule has 0 spiro atoms. The normalized spacial score (nSPS) is 20.7. The number of hydrogen-bond acceptors (Lipinski definition) is 4. The molecular formula is C17H25N3O4. The number of unbranched alkanes of at least 4 members (excludes halogenated alkanes) is 1. The smallest absolute Gasteiger partial charge is 0.283 e. The van der Waals surface area contributed by atoms with Crippen LogP contribution in [-0.2, 0) is 4.79 Å². The lowest BCUT2D eigenvalue weighted by atomic mass is 9.92. The summed E-state index contributed by atoms with van der Waals surface area (Å²) in [4.78, 5) is 38.0. The minimum atomic E-state index is -0.653. The average molecular weight is 335 g/mol. The van der Waals surface area contributed by atoms with Crippen molar-refractivity contribution in [1.82, 2.24) is 14.9 Å². The molecule has 2 amide bonds. The van der Waals surface area contributed by atoms with Gasteiger partial charge in [-0.3, -0.25) is 14.4 Å². The van der Waals surface area contributed by atoms with Gasteiger partial charge in [-0.25, -0.2) is 0 Å². The van der Waals surface area contributed by atoms with Crippen LogP contribution in [0.25, 0.3) is 0 Å². The third-order valence-corrected chi connectivity index (χ3v) is 4.49. The van der Waals surface area contributed by atoms with Crippen LogP contribution in [0.2, 0.25) is 0 Å². The lowest BCUT2D eigenvalue weighted by Crippen LogP contribution is -2.50. The average Bonchev–Trinajstić information content (AvgIpc) is 2.57. The molecule has 24 heavy (non-hydrogen) atoms.